The van der Waals surface area contributed by atoms with E-state index in [1.54, 1.807) is 19.1 Å². The summed E-state index contributed by atoms with van der Waals surface area (Å²) in [5.74, 6) is -0.799. The fourth-order valence-corrected chi connectivity index (χ4v) is 6.03. The first-order valence-electron chi connectivity index (χ1n) is 15.9. The van der Waals surface area contributed by atoms with Crippen LogP contribution >= 0.6 is 0 Å². The number of ketones is 1. The van der Waals surface area contributed by atoms with Crippen molar-refractivity contribution in [1.29, 1.82) is 0 Å². The molecule has 0 amide bonds. The molecule has 0 aliphatic carbocycles. The van der Waals surface area contributed by atoms with Crippen molar-refractivity contribution in [2.24, 2.45) is 5.92 Å². The molecule has 0 spiro atoms. The normalized spacial score (nSPS) is 12.0. The molecule has 0 radical (unpaired) electrons. The van der Waals surface area contributed by atoms with Gasteiger partial charge < -0.3 is 4.74 Å². The Balaban J connectivity index is 1.57. The monoisotopic (exact) mass is 620 g/mol. The Hall–Kier alpha value is -5.69. The standard InChI is InChI=1S/C40H36N4O3/c1-3-4-25-37(45)29(2)39(46)47-34-26-27-35(30-17-9-5-10-18-30)36(28-34)38-41-42-43-44(38)40(31-19-11-6-12-20-31,32-21-13-7-14-22-32)33-23-15-8-16-24-33/h5-24,26-29H,3-4,25H2,1-2H3. The van der Waals surface area contributed by atoms with Crippen LogP contribution in [0.1, 0.15) is 49.8 Å². The van der Waals surface area contributed by atoms with Crippen molar-refractivity contribution in [2.45, 2.75) is 38.6 Å². The van der Waals surface area contributed by atoms with Gasteiger partial charge in [-0.15, -0.1) is 5.10 Å². The Morgan fingerprint density at radius 2 is 1.26 bits per heavy atom. The van der Waals surface area contributed by atoms with E-state index in [1.165, 1.54) is 0 Å². The molecule has 0 fully saturated rings. The summed E-state index contributed by atoms with van der Waals surface area (Å²) >= 11 is 0. The van der Waals surface area contributed by atoms with Crippen molar-refractivity contribution in [2.75, 3.05) is 0 Å². The highest BCUT2D eigenvalue weighted by molar-refractivity contribution is 5.99. The largest absolute Gasteiger partial charge is 0.426 e. The van der Waals surface area contributed by atoms with Gasteiger partial charge >= 0.3 is 5.97 Å². The van der Waals surface area contributed by atoms with Gasteiger partial charge in [0.1, 0.15) is 23.0 Å². The molecule has 7 nitrogen and oxygen atoms in total. The summed E-state index contributed by atoms with van der Waals surface area (Å²) in [6.45, 7) is 3.62. The number of hydrogen-bond donors (Lipinski definition) is 0. The first-order valence-corrected chi connectivity index (χ1v) is 15.9. The van der Waals surface area contributed by atoms with Crippen LogP contribution in [0.15, 0.2) is 140 Å². The molecular formula is C40H36N4O3. The third-order valence-electron chi connectivity index (χ3n) is 8.51. The van der Waals surface area contributed by atoms with Crippen molar-refractivity contribution >= 4 is 11.8 Å². The molecule has 1 heterocycles. The number of carbonyl (C=O) groups excluding carboxylic acids is 2. The van der Waals surface area contributed by atoms with Crippen LogP contribution in [0.3, 0.4) is 0 Å². The van der Waals surface area contributed by atoms with Crippen molar-refractivity contribution < 1.29 is 14.3 Å². The summed E-state index contributed by atoms with van der Waals surface area (Å²) in [5, 5.41) is 13.6. The molecule has 7 heteroatoms. The van der Waals surface area contributed by atoms with Gasteiger partial charge in [-0.05, 0) is 69.8 Å². The second-order valence-corrected chi connectivity index (χ2v) is 11.5. The summed E-state index contributed by atoms with van der Waals surface area (Å²) in [7, 11) is 0. The van der Waals surface area contributed by atoms with Gasteiger partial charge in [-0.25, -0.2) is 4.68 Å². The number of aromatic nitrogens is 4. The first-order chi connectivity index (χ1) is 23.0. The zero-order valence-electron chi connectivity index (χ0n) is 26.5. The zero-order valence-corrected chi connectivity index (χ0v) is 26.5. The maximum Gasteiger partial charge on any atom is 0.321 e. The number of ether oxygens (including phenoxy) is 1. The Labute approximate surface area is 274 Å². The van der Waals surface area contributed by atoms with Crippen LogP contribution in [0.4, 0.5) is 0 Å². The van der Waals surface area contributed by atoms with Crippen LogP contribution in [-0.2, 0) is 15.1 Å². The minimum Gasteiger partial charge on any atom is -0.426 e. The van der Waals surface area contributed by atoms with E-state index in [0.29, 0.717) is 23.6 Å². The van der Waals surface area contributed by atoms with Crippen LogP contribution in [0.5, 0.6) is 5.75 Å². The van der Waals surface area contributed by atoms with Gasteiger partial charge in [0.25, 0.3) is 0 Å². The lowest BCUT2D eigenvalue weighted by atomic mass is 9.77. The topological polar surface area (TPSA) is 87.0 Å². The van der Waals surface area contributed by atoms with Crippen molar-refractivity contribution in [3.05, 3.63) is 156 Å². The van der Waals surface area contributed by atoms with E-state index >= 15 is 0 Å². The molecule has 1 atom stereocenters. The van der Waals surface area contributed by atoms with Crippen molar-refractivity contribution in [3.8, 4) is 28.3 Å². The molecule has 1 aromatic heterocycles. The van der Waals surface area contributed by atoms with Gasteiger partial charge in [-0.3, -0.25) is 9.59 Å². The second kappa shape index (κ2) is 14.2. The summed E-state index contributed by atoms with van der Waals surface area (Å²) in [4.78, 5) is 25.8. The Bertz CT molecular complexity index is 1850. The van der Waals surface area contributed by atoms with Crippen LogP contribution < -0.4 is 4.74 Å². The first kappa shape index (κ1) is 31.3. The highest BCUT2D eigenvalue weighted by atomic mass is 16.5. The number of esters is 1. The molecule has 0 aliphatic heterocycles. The number of tetrazole rings is 1. The average Bonchev–Trinajstić information content (AvgIpc) is 3.62. The third kappa shape index (κ3) is 6.25. The summed E-state index contributed by atoms with van der Waals surface area (Å²) < 4.78 is 7.71. The highest BCUT2D eigenvalue weighted by Crippen LogP contribution is 2.44. The molecule has 0 bridgehead atoms. The number of unbranched alkanes of at least 4 members (excludes halogenated alkanes) is 1. The lowest BCUT2D eigenvalue weighted by Crippen LogP contribution is -2.39. The van der Waals surface area contributed by atoms with E-state index in [-0.39, 0.29) is 5.78 Å². The van der Waals surface area contributed by atoms with Crippen LogP contribution in [0.2, 0.25) is 0 Å². The summed E-state index contributed by atoms with van der Waals surface area (Å²) in [6, 6.07) is 45.9. The smallest absolute Gasteiger partial charge is 0.321 e. The van der Waals surface area contributed by atoms with E-state index in [0.717, 1.165) is 40.7 Å². The number of hydrogen-bond acceptors (Lipinski definition) is 6. The molecule has 5 aromatic carbocycles. The molecule has 0 saturated carbocycles. The average molecular weight is 621 g/mol. The quantitative estimate of drug-likeness (QED) is 0.0594. The number of carbonyl (C=O) groups is 2. The molecule has 0 N–H and O–H groups in total. The maximum atomic E-state index is 13.2. The minimum atomic E-state index is -0.969. The van der Waals surface area contributed by atoms with Gasteiger partial charge in [0.2, 0.25) is 0 Å². The SMILES string of the molecule is CCCCC(=O)C(C)C(=O)Oc1ccc(-c2ccccc2)c(-c2nnnn2C(c2ccccc2)(c2ccccc2)c2ccccc2)c1. The number of benzene rings is 5. The molecule has 0 saturated heterocycles. The molecule has 234 valence electrons. The molecule has 0 aliphatic rings. The predicted octanol–water partition coefficient (Wildman–Crippen LogP) is 8.15. The van der Waals surface area contributed by atoms with E-state index in [1.807, 2.05) is 103 Å². The van der Waals surface area contributed by atoms with Gasteiger partial charge in [0, 0.05) is 12.0 Å². The number of rotatable bonds is 12. The van der Waals surface area contributed by atoms with Gasteiger partial charge in [-0.1, -0.05) is 135 Å². The van der Waals surface area contributed by atoms with E-state index in [4.69, 9.17) is 9.95 Å². The summed E-state index contributed by atoms with van der Waals surface area (Å²) in [5.41, 5.74) is 4.41. The highest BCUT2D eigenvalue weighted by Gasteiger charge is 2.42. The number of Topliss-reactive ketones (excluding diaryl/α,β-unsaturated/α-hetero) is 1. The van der Waals surface area contributed by atoms with Crippen molar-refractivity contribution in [1.82, 2.24) is 20.2 Å². The van der Waals surface area contributed by atoms with Gasteiger partial charge in [0.15, 0.2) is 5.82 Å². The molecule has 6 rings (SSSR count). The maximum absolute atomic E-state index is 13.2. The fraction of sp³-hybridized carbons (Fsp3) is 0.175. The van der Waals surface area contributed by atoms with E-state index < -0.39 is 17.4 Å². The molecular weight excluding hydrogens is 584 g/mol. The lowest BCUT2D eigenvalue weighted by molar-refractivity contribution is -0.143. The van der Waals surface area contributed by atoms with E-state index in [9.17, 15) is 9.59 Å². The third-order valence-corrected chi connectivity index (χ3v) is 8.51. The Morgan fingerprint density at radius 1 is 0.723 bits per heavy atom. The molecule has 1 unspecified atom stereocenters. The minimum absolute atomic E-state index is 0.125. The van der Waals surface area contributed by atoms with Crippen LogP contribution in [0.25, 0.3) is 22.5 Å². The van der Waals surface area contributed by atoms with Gasteiger partial charge in [0.05, 0.1) is 0 Å². The lowest BCUT2D eigenvalue weighted by Gasteiger charge is -2.36. The molecule has 6 aromatic rings. The zero-order chi connectivity index (χ0) is 32.6. The second-order valence-electron chi connectivity index (χ2n) is 11.5. The van der Waals surface area contributed by atoms with Crippen LogP contribution in [0, 0.1) is 5.92 Å². The Kier molecular flexibility index (Phi) is 9.43. The Morgan fingerprint density at radius 3 is 1.79 bits per heavy atom. The van der Waals surface area contributed by atoms with E-state index in [2.05, 4.69) is 46.7 Å². The van der Waals surface area contributed by atoms with Crippen molar-refractivity contribution in [3.63, 3.8) is 0 Å². The summed E-state index contributed by atoms with van der Waals surface area (Å²) in [6.07, 6.45) is 1.96. The number of nitrogens with zero attached hydrogens (tertiary/aromatic N) is 4. The fourth-order valence-electron chi connectivity index (χ4n) is 6.03. The van der Waals surface area contributed by atoms with Crippen LogP contribution in [-0.4, -0.2) is 32.0 Å². The predicted molar refractivity (Wildman–Crippen MR) is 183 cm³/mol. The van der Waals surface area contributed by atoms with Gasteiger partial charge in [-0.2, -0.15) is 0 Å². The molecule has 47 heavy (non-hydrogen) atoms.